The van der Waals surface area contributed by atoms with Crippen molar-refractivity contribution in [3.05, 3.63) is 75.7 Å². The number of carbonyl (C=O) groups is 1. The number of aromatic nitrogens is 2. The molecule has 0 aliphatic carbocycles. The van der Waals surface area contributed by atoms with Crippen LogP contribution in [0.2, 0.25) is 0 Å². The molecule has 0 atom stereocenters. The maximum atomic E-state index is 13.0. The summed E-state index contributed by atoms with van der Waals surface area (Å²) in [5, 5.41) is 12.0. The topological polar surface area (TPSA) is 98.3 Å². The number of nitriles is 1. The highest BCUT2D eigenvalue weighted by Gasteiger charge is 2.20. The van der Waals surface area contributed by atoms with Gasteiger partial charge in [-0.2, -0.15) is 14.0 Å². The molecule has 3 rings (SSSR count). The van der Waals surface area contributed by atoms with Gasteiger partial charge in [-0.05, 0) is 42.8 Å². The summed E-state index contributed by atoms with van der Waals surface area (Å²) in [6, 6.07) is 14.7. The van der Waals surface area contributed by atoms with E-state index in [2.05, 4.69) is 10.1 Å². The predicted molar refractivity (Wildman–Crippen MR) is 118 cm³/mol. The first kappa shape index (κ1) is 23.3. The third-order valence-electron chi connectivity index (χ3n) is 4.87. The molecule has 170 valence electrons. The normalized spacial score (nSPS) is 11.2. The molecule has 0 aliphatic rings. The Balaban J connectivity index is 1.94. The Hall–Kier alpha value is -4.39. The number of para-hydroxylation sites is 1. The fourth-order valence-corrected chi connectivity index (χ4v) is 3.18. The number of methoxy groups -OCH3 is 1. The molecule has 0 spiro atoms. The zero-order valence-corrected chi connectivity index (χ0v) is 18.0. The lowest BCUT2D eigenvalue weighted by Crippen LogP contribution is -2.23. The van der Waals surface area contributed by atoms with Crippen LogP contribution in [-0.4, -0.2) is 29.0 Å². The first-order chi connectivity index (χ1) is 15.8. The number of ether oxygens (including phenoxy) is 2. The van der Waals surface area contributed by atoms with Crippen LogP contribution >= 0.6 is 0 Å². The molecule has 1 aromatic heterocycles. The zero-order chi connectivity index (χ0) is 24.1. The van der Waals surface area contributed by atoms with Crippen LogP contribution in [0.4, 0.5) is 14.5 Å². The second kappa shape index (κ2) is 9.82. The number of anilines is 1. The van der Waals surface area contributed by atoms with Crippen molar-refractivity contribution >= 4 is 17.7 Å². The maximum absolute atomic E-state index is 13.0. The van der Waals surface area contributed by atoms with Gasteiger partial charge < -0.3 is 14.8 Å². The first-order valence-electron chi connectivity index (χ1n) is 9.66. The molecule has 2 aromatic carbocycles. The largest absolute Gasteiger partial charge is 0.493 e. The van der Waals surface area contributed by atoms with Crippen molar-refractivity contribution in [2.24, 2.45) is 7.05 Å². The van der Waals surface area contributed by atoms with Gasteiger partial charge in [0.15, 0.2) is 11.5 Å². The van der Waals surface area contributed by atoms with E-state index in [-0.39, 0.29) is 28.3 Å². The molecular weight excluding hydrogens is 434 g/mol. The van der Waals surface area contributed by atoms with Crippen molar-refractivity contribution in [2.45, 2.75) is 13.5 Å². The third-order valence-corrected chi connectivity index (χ3v) is 4.87. The van der Waals surface area contributed by atoms with Gasteiger partial charge in [-0.25, -0.2) is 4.68 Å². The smallest absolute Gasteiger partial charge is 0.387 e. The summed E-state index contributed by atoms with van der Waals surface area (Å²) in [5.41, 5.74) is 0.551. The quantitative estimate of drug-likeness (QED) is 0.434. The van der Waals surface area contributed by atoms with E-state index in [9.17, 15) is 23.6 Å². The molecule has 0 bridgehead atoms. The second-order valence-electron chi connectivity index (χ2n) is 6.85. The Kier molecular flexibility index (Phi) is 6.93. The monoisotopic (exact) mass is 454 g/mol. The molecule has 0 aliphatic heterocycles. The van der Waals surface area contributed by atoms with E-state index in [0.29, 0.717) is 11.4 Å². The van der Waals surface area contributed by atoms with Gasteiger partial charge in [-0.1, -0.05) is 24.3 Å². The van der Waals surface area contributed by atoms with Crippen molar-refractivity contribution < 1.29 is 23.0 Å². The number of hydrogen-bond acceptors (Lipinski definition) is 5. The van der Waals surface area contributed by atoms with Crippen LogP contribution in [0, 0.1) is 18.3 Å². The highest BCUT2D eigenvalue weighted by molar-refractivity contribution is 6.09. The standard InChI is InChI=1S/C23H20F2N4O4/c1-14-20(22(31)29(28(14)2)17-7-5-4-6-8-17)27-21(30)16(13-26)11-15-9-10-18(32-3)19(12-15)33-23(24)25/h4-12,23H,1-3H3,(H,27,30)/b16-11+. The van der Waals surface area contributed by atoms with Gasteiger partial charge in [-0.15, -0.1) is 0 Å². The molecule has 0 saturated heterocycles. The summed E-state index contributed by atoms with van der Waals surface area (Å²) < 4.78 is 37.7. The average Bonchev–Trinajstić information content (AvgIpc) is 3.00. The number of carbonyl (C=O) groups excluding carboxylic acids is 1. The summed E-state index contributed by atoms with van der Waals surface area (Å²) >= 11 is 0. The number of alkyl halides is 2. The van der Waals surface area contributed by atoms with Crippen LogP contribution in [0.3, 0.4) is 0 Å². The molecule has 0 saturated carbocycles. The van der Waals surface area contributed by atoms with E-state index in [1.165, 1.54) is 36.1 Å². The highest BCUT2D eigenvalue weighted by Crippen LogP contribution is 2.30. The highest BCUT2D eigenvalue weighted by atomic mass is 19.3. The van der Waals surface area contributed by atoms with E-state index in [1.807, 2.05) is 6.07 Å². The van der Waals surface area contributed by atoms with Crippen molar-refractivity contribution in [1.82, 2.24) is 9.36 Å². The fourth-order valence-electron chi connectivity index (χ4n) is 3.18. The van der Waals surface area contributed by atoms with Gasteiger partial charge in [0.1, 0.15) is 17.3 Å². The van der Waals surface area contributed by atoms with Gasteiger partial charge in [0.05, 0.1) is 18.5 Å². The minimum absolute atomic E-state index is 0.0176. The molecule has 0 fully saturated rings. The second-order valence-corrected chi connectivity index (χ2v) is 6.85. The minimum atomic E-state index is -3.08. The first-order valence-corrected chi connectivity index (χ1v) is 9.66. The Bertz CT molecular complexity index is 1300. The van der Waals surface area contributed by atoms with Crippen LogP contribution < -0.4 is 20.3 Å². The molecular formula is C23H20F2N4O4. The number of rotatable bonds is 7. The van der Waals surface area contributed by atoms with Crippen LogP contribution in [-0.2, 0) is 11.8 Å². The van der Waals surface area contributed by atoms with Crippen LogP contribution in [0.5, 0.6) is 11.5 Å². The molecule has 33 heavy (non-hydrogen) atoms. The predicted octanol–water partition coefficient (Wildman–Crippen LogP) is 3.64. The van der Waals surface area contributed by atoms with E-state index < -0.39 is 18.1 Å². The molecule has 1 N–H and O–H groups in total. The van der Waals surface area contributed by atoms with Gasteiger partial charge in [0.25, 0.3) is 11.5 Å². The molecule has 3 aromatic rings. The molecule has 0 radical (unpaired) electrons. The van der Waals surface area contributed by atoms with Crippen molar-refractivity contribution in [3.8, 4) is 23.3 Å². The summed E-state index contributed by atoms with van der Waals surface area (Å²) in [4.78, 5) is 25.7. The number of halogens is 2. The van der Waals surface area contributed by atoms with Gasteiger partial charge >= 0.3 is 6.61 Å². The van der Waals surface area contributed by atoms with Gasteiger partial charge in [0, 0.05) is 7.05 Å². The molecule has 1 amide bonds. The van der Waals surface area contributed by atoms with Crippen LogP contribution in [0.15, 0.2) is 58.9 Å². The summed E-state index contributed by atoms with van der Waals surface area (Å²) in [5.74, 6) is -1.00. The lowest BCUT2D eigenvalue weighted by atomic mass is 10.1. The average molecular weight is 454 g/mol. The number of nitrogens with one attached hydrogen (secondary N) is 1. The summed E-state index contributed by atoms with van der Waals surface area (Å²) in [6.07, 6.45) is 1.20. The summed E-state index contributed by atoms with van der Waals surface area (Å²) in [7, 11) is 2.96. The number of amides is 1. The number of hydrogen-bond donors (Lipinski definition) is 1. The Morgan fingerprint density at radius 3 is 2.48 bits per heavy atom. The van der Waals surface area contributed by atoms with Gasteiger partial charge in [0.2, 0.25) is 0 Å². The third kappa shape index (κ3) is 4.93. The number of benzene rings is 2. The van der Waals surface area contributed by atoms with E-state index in [4.69, 9.17) is 4.74 Å². The summed E-state index contributed by atoms with van der Waals surface area (Å²) in [6.45, 7) is -1.42. The Labute approximate surface area is 187 Å². The lowest BCUT2D eigenvalue weighted by Gasteiger charge is -2.10. The van der Waals surface area contributed by atoms with Crippen molar-refractivity contribution in [1.29, 1.82) is 5.26 Å². The molecule has 0 unspecified atom stereocenters. The van der Waals surface area contributed by atoms with Crippen molar-refractivity contribution in [3.63, 3.8) is 0 Å². The zero-order valence-electron chi connectivity index (χ0n) is 18.0. The maximum Gasteiger partial charge on any atom is 0.387 e. The van der Waals surface area contributed by atoms with Crippen molar-refractivity contribution in [2.75, 3.05) is 12.4 Å². The molecule has 8 nitrogen and oxygen atoms in total. The number of nitrogens with zero attached hydrogens (tertiary/aromatic N) is 3. The lowest BCUT2D eigenvalue weighted by molar-refractivity contribution is -0.112. The SMILES string of the molecule is COc1ccc(/C=C(\C#N)C(=O)Nc2c(C)n(C)n(-c3ccccc3)c2=O)cc1OC(F)F. The molecule has 10 heteroatoms. The van der Waals surface area contributed by atoms with E-state index in [0.717, 1.165) is 0 Å². The van der Waals surface area contributed by atoms with E-state index in [1.54, 1.807) is 49.0 Å². The van der Waals surface area contributed by atoms with Crippen LogP contribution in [0.1, 0.15) is 11.3 Å². The minimum Gasteiger partial charge on any atom is -0.493 e. The van der Waals surface area contributed by atoms with E-state index >= 15 is 0 Å². The Morgan fingerprint density at radius 1 is 1.18 bits per heavy atom. The fraction of sp³-hybridized carbons (Fsp3) is 0.174. The molecule has 1 heterocycles. The Morgan fingerprint density at radius 2 is 1.88 bits per heavy atom. The van der Waals surface area contributed by atoms with Crippen LogP contribution in [0.25, 0.3) is 11.8 Å². The van der Waals surface area contributed by atoms with Gasteiger partial charge in [-0.3, -0.25) is 14.3 Å².